The van der Waals surface area contributed by atoms with Crippen molar-refractivity contribution in [3.63, 3.8) is 0 Å². The van der Waals surface area contributed by atoms with Gasteiger partial charge >= 0.3 is 0 Å². The van der Waals surface area contributed by atoms with E-state index in [4.69, 9.17) is 26.1 Å². The zero-order valence-electron chi connectivity index (χ0n) is 27.4. The van der Waals surface area contributed by atoms with Crippen molar-refractivity contribution in [2.75, 3.05) is 37.0 Å². The van der Waals surface area contributed by atoms with Gasteiger partial charge in [-0.15, -0.1) is 0 Å². The van der Waals surface area contributed by atoms with Crippen LogP contribution in [0.2, 0.25) is 5.02 Å². The summed E-state index contributed by atoms with van der Waals surface area (Å²) in [5.41, 5.74) is 3.59. The lowest BCUT2D eigenvalue weighted by Crippen LogP contribution is -2.45. The number of hydrogen-bond acceptors (Lipinski definition) is 6. The number of amides is 2. The molecule has 6 rings (SSSR count). The second kappa shape index (κ2) is 13.9. The van der Waals surface area contributed by atoms with Crippen LogP contribution in [0.1, 0.15) is 81.5 Å². The number of hydrogen-bond donors (Lipinski definition) is 0. The maximum absolute atomic E-state index is 13.9. The summed E-state index contributed by atoms with van der Waals surface area (Å²) in [5.74, 6) is 3.04. The normalized spacial score (nSPS) is 21.7. The fourth-order valence-electron chi connectivity index (χ4n) is 7.41. The third kappa shape index (κ3) is 6.82. The van der Waals surface area contributed by atoms with E-state index in [1.807, 2.05) is 73.5 Å². The quantitative estimate of drug-likeness (QED) is 0.245. The molecule has 3 aliphatic rings. The number of carbonyl (C=O) groups excluding carboxylic acids is 2. The Morgan fingerprint density at radius 3 is 2.39 bits per heavy atom. The average molecular weight is 645 g/mol. The molecule has 244 valence electrons. The Morgan fingerprint density at radius 1 is 0.978 bits per heavy atom. The van der Waals surface area contributed by atoms with Crippen LogP contribution in [-0.4, -0.2) is 61.1 Å². The molecule has 0 bridgehead atoms. The number of pyridine rings is 1. The highest BCUT2D eigenvalue weighted by molar-refractivity contribution is 6.30. The first-order valence-corrected chi connectivity index (χ1v) is 17.0. The highest BCUT2D eigenvalue weighted by Gasteiger charge is 2.36. The minimum atomic E-state index is -0.388. The molecule has 1 aliphatic carbocycles. The van der Waals surface area contributed by atoms with Crippen LogP contribution in [0.15, 0.2) is 54.7 Å². The van der Waals surface area contributed by atoms with Gasteiger partial charge in [0.2, 0.25) is 11.8 Å². The molecule has 0 unspecified atom stereocenters. The lowest BCUT2D eigenvalue weighted by Gasteiger charge is -2.39. The van der Waals surface area contributed by atoms with Gasteiger partial charge in [-0.3, -0.25) is 14.5 Å². The number of piperidine rings is 1. The number of halogens is 1. The summed E-state index contributed by atoms with van der Waals surface area (Å²) in [7, 11) is 3.71. The molecule has 1 atom stereocenters. The zero-order valence-corrected chi connectivity index (χ0v) is 28.1. The van der Waals surface area contributed by atoms with Crippen molar-refractivity contribution in [1.82, 2.24) is 9.88 Å². The van der Waals surface area contributed by atoms with E-state index in [0.29, 0.717) is 40.8 Å². The summed E-state index contributed by atoms with van der Waals surface area (Å²) < 4.78 is 11.8. The Kier molecular flexibility index (Phi) is 9.73. The number of fused-ring (bicyclic) bond motifs is 1. The van der Waals surface area contributed by atoms with E-state index < -0.39 is 0 Å². The summed E-state index contributed by atoms with van der Waals surface area (Å²) in [6.45, 7) is 5.81. The van der Waals surface area contributed by atoms with E-state index in [2.05, 4.69) is 16.8 Å². The third-order valence-electron chi connectivity index (χ3n) is 9.69. The van der Waals surface area contributed by atoms with Crippen molar-refractivity contribution >= 4 is 34.9 Å². The summed E-state index contributed by atoms with van der Waals surface area (Å²) in [5, 5.41) is 0.638. The molecule has 46 heavy (non-hydrogen) atoms. The number of likely N-dealkylation sites (tertiary alicyclic amines) is 1. The van der Waals surface area contributed by atoms with Gasteiger partial charge in [0, 0.05) is 37.6 Å². The van der Waals surface area contributed by atoms with Crippen LogP contribution in [0.25, 0.3) is 0 Å². The van der Waals surface area contributed by atoms with Crippen molar-refractivity contribution in [3.8, 4) is 11.5 Å². The van der Waals surface area contributed by atoms with E-state index >= 15 is 0 Å². The van der Waals surface area contributed by atoms with E-state index in [0.717, 1.165) is 79.8 Å². The van der Waals surface area contributed by atoms with Crippen molar-refractivity contribution in [2.24, 2.45) is 5.92 Å². The van der Waals surface area contributed by atoms with Gasteiger partial charge in [-0.2, -0.15) is 0 Å². The molecule has 2 aliphatic heterocycles. The van der Waals surface area contributed by atoms with Crippen molar-refractivity contribution in [1.29, 1.82) is 0 Å². The number of aromatic nitrogens is 1. The Morgan fingerprint density at radius 2 is 1.74 bits per heavy atom. The molecule has 1 saturated carbocycles. The molecule has 0 spiro atoms. The van der Waals surface area contributed by atoms with Gasteiger partial charge in [0.25, 0.3) is 0 Å². The summed E-state index contributed by atoms with van der Waals surface area (Å²) in [6.07, 6.45) is 9.29. The third-order valence-corrected chi connectivity index (χ3v) is 9.94. The number of nitrogens with zero attached hydrogens (tertiary/aromatic N) is 4. The minimum Gasteiger partial charge on any atom is -0.493 e. The Bertz CT molecular complexity index is 1540. The summed E-state index contributed by atoms with van der Waals surface area (Å²) in [4.78, 5) is 37.4. The molecule has 3 aromatic rings. The molecule has 2 aromatic carbocycles. The van der Waals surface area contributed by atoms with Crippen LogP contribution in [0.3, 0.4) is 0 Å². The first-order valence-electron chi connectivity index (χ1n) is 16.6. The Labute approximate surface area is 277 Å². The summed E-state index contributed by atoms with van der Waals surface area (Å²) >= 11 is 6.27. The number of rotatable bonds is 9. The highest BCUT2D eigenvalue weighted by atomic mass is 35.5. The molecule has 2 fully saturated rings. The van der Waals surface area contributed by atoms with Crippen molar-refractivity contribution < 1.29 is 19.1 Å². The van der Waals surface area contributed by atoms with Gasteiger partial charge in [-0.05, 0) is 111 Å². The Hall–Kier alpha value is -3.78. The van der Waals surface area contributed by atoms with Crippen LogP contribution in [0.4, 0.5) is 11.5 Å². The number of carbonyl (C=O) groups is 2. The Balaban J connectivity index is 1.21. The van der Waals surface area contributed by atoms with E-state index in [9.17, 15) is 9.59 Å². The number of ether oxygens (including phenoxy) is 2. The fraction of sp³-hybridized carbons (Fsp3) is 0.486. The van der Waals surface area contributed by atoms with Gasteiger partial charge in [-0.1, -0.05) is 23.7 Å². The number of benzene rings is 2. The van der Waals surface area contributed by atoms with Crippen molar-refractivity contribution in [2.45, 2.75) is 83.4 Å². The SMILES string of the molecule is COc1cc2c(cc1OC(C)C)[C@H](c1ccc(Cl)cc1)N(c1ccc(N(C)CC3CCC(N4CCCCC4=O)CC3)nc1)C(=O)C2. The first-order chi connectivity index (χ1) is 22.2. The smallest absolute Gasteiger partial charge is 0.232 e. The standard InChI is InChI=1S/C37H45ClN4O4/c1-24(2)46-33-21-31-27(19-32(33)45-4)20-36(44)42(37(31)26-10-12-28(38)13-11-26)30-16-17-34(39-22-30)40(3)23-25-8-14-29(15-9-25)41-18-6-5-7-35(41)43/h10-13,16-17,19,21-22,24-25,29,37H,5-9,14-15,18,20,23H2,1-4H3/t25?,29?,37-/m0/s1. The molecular weight excluding hydrogens is 600 g/mol. The largest absolute Gasteiger partial charge is 0.493 e. The highest BCUT2D eigenvalue weighted by Crippen LogP contribution is 2.44. The lowest BCUT2D eigenvalue weighted by atomic mass is 9.84. The van der Waals surface area contributed by atoms with Gasteiger partial charge < -0.3 is 19.3 Å². The maximum atomic E-state index is 13.9. The second-order valence-electron chi connectivity index (χ2n) is 13.2. The fourth-order valence-corrected chi connectivity index (χ4v) is 7.53. The van der Waals surface area contributed by atoms with Gasteiger partial charge in [0.15, 0.2) is 11.5 Å². The number of anilines is 2. The first kappa shape index (κ1) is 32.2. The molecular formula is C37H45ClN4O4. The van der Waals surface area contributed by atoms with Gasteiger partial charge in [0.1, 0.15) is 5.82 Å². The minimum absolute atomic E-state index is 0.0149. The monoisotopic (exact) mass is 644 g/mol. The van der Waals surface area contributed by atoms with E-state index in [-0.39, 0.29) is 24.5 Å². The molecule has 1 saturated heterocycles. The molecule has 2 amide bonds. The van der Waals surface area contributed by atoms with Crippen LogP contribution in [0, 0.1) is 5.92 Å². The maximum Gasteiger partial charge on any atom is 0.232 e. The molecule has 1 aromatic heterocycles. The molecule has 0 N–H and O–H groups in total. The molecule has 3 heterocycles. The summed E-state index contributed by atoms with van der Waals surface area (Å²) in [6, 6.07) is 15.6. The van der Waals surface area contributed by atoms with E-state index in [1.165, 1.54) is 0 Å². The molecule has 8 nitrogen and oxygen atoms in total. The van der Waals surface area contributed by atoms with Crippen LogP contribution in [-0.2, 0) is 16.0 Å². The van der Waals surface area contributed by atoms with Crippen LogP contribution in [0.5, 0.6) is 11.5 Å². The zero-order chi connectivity index (χ0) is 32.4. The van der Waals surface area contributed by atoms with E-state index in [1.54, 1.807) is 7.11 Å². The topological polar surface area (TPSA) is 75.2 Å². The van der Waals surface area contributed by atoms with Crippen LogP contribution < -0.4 is 19.3 Å². The lowest BCUT2D eigenvalue weighted by molar-refractivity contribution is -0.136. The van der Waals surface area contributed by atoms with Gasteiger partial charge in [-0.25, -0.2) is 4.98 Å². The second-order valence-corrected chi connectivity index (χ2v) is 13.7. The average Bonchev–Trinajstić information content (AvgIpc) is 3.05. The van der Waals surface area contributed by atoms with Crippen LogP contribution >= 0.6 is 11.6 Å². The van der Waals surface area contributed by atoms with Crippen molar-refractivity contribution in [3.05, 3.63) is 76.4 Å². The molecule has 0 radical (unpaired) electrons. The predicted molar refractivity (Wildman–Crippen MR) is 182 cm³/mol. The number of methoxy groups -OCH3 is 1. The predicted octanol–water partition coefficient (Wildman–Crippen LogP) is 7.22. The molecule has 9 heteroatoms. The van der Waals surface area contributed by atoms with Gasteiger partial charge in [0.05, 0.1) is 37.6 Å².